The average molecular weight is 525 g/mol. The predicted molar refractivity (Wildman–Crippen MR) is 146 cm³/mol. The first-order valence-electron chi connectivity index (χ1n) is 12.2. The zero-order valence-electron chi connectivity index (χ0n) is 21.2. The Kier molecular flexibility index (Phi) is 9.02. The van der Waals surface area contributed by atoms with Crippen LogP contribution >= 0.6 is 12.8 Å². The monoisotopic (exact) mass is 524 g/mol. The van der Waals surface area contributed by atoms with Crippen molar-refractivity contribution in [3.63, 3.8) is 0 Å². The largest absolute Gasteiger partial charge is 0.494 e. The standard InChI is InChI=1S/C20H20N6O3S.C6H12O/c1-4-29-16-10-5-7-12(22-16)19-24-18-20(23-15(25-30)11-21-18)26(19)17-13(27-2)8-6-9-14(17)28-3;7-6-4-2-1-3-5-6/h5-11,30H,4H2,1-3H3,(H,23,25);6-7H,1-5H2. The van der Waals surface area contributed by atoms with Gasteiger partial charge in [-0.1, -0.05) is 44.2 Å². The molecule has 2 N–H and O–H groups in total. The van der Waals surface area contributed by atoms with Gasteiger partial charge >= 0.3 is 0 Å². The molecule has 0 radical (unpaired) electrons. The third-order valence-electron chi connectivity index (χ3n) is 5.93. The Morgan fingerprint density at radius 2 is 1.70 bits per heavy atom. The number of aromatic nitrogens is 5. The summed E-state index contributed by atoms with van der Waals surface area (Å²) in [7, 11) is 3.19. The van der Waals surface area contributed by atoms with E-state index >= 15 is 0 Å². The van der Waals surface area contributed by atoms with E-state index in [0.717, 1.165) is 12.8 Å². The molecule has 10 nitrogen and oxygen atoms in total. The molecule has 1 aliphatic carbocycles. The molecule has 1 aromatic carbocycles. The van der Waals surface area contributed by atoms with E-state index in [1.165, 1.54) is 19.3 Å². The minimum atomic E-state index is 0.0359. The van der Waals surface area contributed by atoms with Crippen LogP contribution in [-0.2, 0) is 0 Å². The molecule has 196 valence electrons. The molecule has 1 saturated carbocycles. The molecule has 0 unspecified atom stereocenters. The maximum Gasteiger partial charge on any atom is 0.213 e. The van der Waals surface area contributed by atoms with Crippen molar-refractivity contribution < 1.29 is 19.3 Å². The van der Waals surface area contributed by atoms with Gasteiger partial charge in [0, 0.05) is 6.07 Å². The SMILES string of the molecule is CCOc1cccc(-c2nc3ncc(NS)nc3n2-c2c(OC)cccc2OC)n1.OC1CCCCC1. The summed E-state index contributed by atoms with van der Waals surface area (Å²) in [4.78, 5) is 18.3. The summed E-state index contributed by atoms with van der Waals surface area (Å²) >= 11 is 4.09. The number of para-hydroxylation sites is 1. The molecule has 4 aromatic rings. The molecule has 3 aromatic heterocycles. The van der Waals surface area contributed by atoms with Gasteiger partial charge in [-0.25, -0.2) is 19.9 Å². The first-order chi connectivity index (χ1) is 18.1. The van der Waals surface area contributed by atoms with Gasteiger partial charge in [-0.05, 0) is 38.0 Å². The van der Waals surface area contributed by atoms with Crippen LogP contribution in [0.1, 0.15) is 39.0 Å². The molecule has 0 saturated heterocycles. The molecule has 3 heterocycles. The van der Waals surface area contributed by atoms with Gasteiger partial charge in [-0.3, -0.25) is 4.57 Å². The van der Waals surface area contributed by atoms with E-state index in [9.17, 15) is 0 Å². The second-order valence-corrected chi connectivity index (χ2v) is 8.61. The van der Waals surface area contributed by atoms with Crippen molar-refractivity contribution in [3.05, 3.63) is 42.6 Å². The van der Waals surface area contributed by atoms with Crippen molar-refractivity contribution in [1.82, 2.24) is 24.5 Å². The fourth-order valence-electron chi connectivity index (χ4n) is 4.19. The molecular formula is C26H32N6O4S. The van der Waals surface area contributed by atoms with Crippen LogP contribution in [0.2, 0.25) is 0 Å². The molecule has 11 heteroatoms. The number of anilines is 1. The van der Waals surface area contributed by atoms with E-state index in [1.54, 1.807) is 26.5 Å². The third-order valence-corrected chi connectivity index (χ3v) is 6.16. The molecule has 0 bridgehead atoms. The van der Waals surface area contributed by atoms with Crippen LogP contribution in [0.25, 0.3) is 28.5 Å². The Balaban J connectivity index is 0.000000396. The minimum absolute atomic E-state index is 0.0359. The number of imidazole rings is 1. The number of pyridine rings is 1. The van der Waals surface area contributed by atoms with Crippen molar-refractivity contribution in [2.75, 3.05) is 25.5 Å². The van der Waals surface area contributed by atoms with E-state index < -0.39 is 0 Å². The zero-order valence-corrected chi connectivity index (χ0v) is 22.1. The summed E-state index contributed by atoms with van der Waals surface area (Å²) in [5.74, 6) is 2.66. The minimum Gasteiger partial charge on any atom is -0.494 e. The van der Waals surface area contributed by atoms with E-state index in [0.29, 0.717) is 58.3 Å². The maximum atomic E-state index is 8.91. The molecule has 1 fully saturated rings. The van der Waals surface area contributed by atoms with Gasteiger partial charge in [0.2, 0.25) is 5.88 Å². The lowest BCUT2D eigenvalue weighted by Crippen LogP contribution is -2.09. The predicted octanol–water partition coefficient (Wildman–Crippen LogP) is 4.86. The first kappa shape index (κ1) is 26.5. The van der Waals surface area contributed by atoms with E-state index in [2.05, 4.69) is 32.5 Å². The Labute approximate surface area is 221 Å². The number of rotatable bonds is 7. The smallest absolute Gasteiger partial charge is 0.213 e. The van der Waals surface area contributed by atoms with E-state index in [1.807, 2.05) is 41.8 Å². The van der Waals surface area contributed by atoms with Crippen molar-refractivity contribution in [1.29, 1.82) is 0 Å². The average Bonchev–Trinajstić information content (AvgIpc) is 3.32. The fourth-order valence-corrected chi connectivity index (χ4v) is 4.30. The van der Waals surface area contributed by atoms with Gasteiger partial charge in [0.25, 0.3) is 0 Å². The summed E-state index contributed by atoms with van der Waals surface area (Å²) in [6, 6.07) is 11.0. The molecular weight excluding hydrogens is 492 g/mol. The Hall–Kier alpha value is -3.57. The number of fused-ring (bicyclic) bond motifs is 1. The maximum absolute atomic E-state index is 8.91. The van der Waals surface area contributed by atoms with Crippen molar-refractivity contribution in [2.45, 2.75) is 45.1 Å². The highest BCUT2D eigenvalue weighted by atomic mass is 32.1. The number of thiol groups is 1. The van der Waals surface area contributed by atoms with Gasteiger partial charge in [-0.2, -0.15) is 0 Å². The van der Waals surface area contributed by atoms with Crippen LogP contribution in [0.3, 0.4) is 0 Å². The molecule has 0 aliphatic heterocycles. The summed E-state index contributed by atoms with van der Waals surface area (Å²) in [6.45, 7) is 2.41. The molecule has 0 amide bonds. The lowest BCUT2D eigenvalue weighted by Gasteiger charge is -2.16. The van der Waals surface area contributed by atoms with Crippen molar-refractivity contribution in [3.8, 4) is 34.6 Å². The molecule has 5 rings (SSSR count). The van der Waals surface area contributed by atoms with Crippen molar-refractivity contribution in [2.24, 2.45) is 0 Å². The van der Waals surface area contributed by atoms with Gasteiger partial charge in [-0.15, -0.1) is 0 Å². The highest BCUT2D eigenvalue weighted by Crippen LogP contribution is 2.38. The van der Waals surface area contributed by atoms with E-state index in [4.69, 9.17) is 24.3 Å². The lowest BCUT2D eigenvalue weighted by molar-refractivity contribution is 0.130. The Morgan fingerprint density at radius 3 is 2.30 bits per heavy atom. The topological polar surface area (TPSA) is 116 Å². The van der Waals surface area contributed by atoms with Gasteiger partial charge in [0.15, 0.2) is 22.9 Å². The van der Waals surface area contributed by atoms with Crippen LogP contribution in [-0.4, -0.2) is 56.5 Å². The zero-order chi connectivity index (χ0) is 26.2. The Bertz CT molecular complexity index is 1300. The van der Waals surface area contributed by atoms with Gasteiger partial charge in [0.05, 0.1) is 33.1 Å². The van der Waals surface area contributed by atoms with Crippen LogP contribution in [0, 0.1) is 0 Å². The van der Waals surface area contributed by atoms with Crippen molar-refractivity contribution >= 4 is 29.9 Å². The highest BCUT2D eigenvalue weighted by molar-refractivity contribution is 7.81. The number of hydrogen-bond acceptors (Lipinski definition) is 10. The van der Waals surface area contributed by atoms with Gasteiger partial charge in [0.1, 0.15) is 22.9 Å². The second kappa shape index (κ2) is 12.6. The third kappa shape index (κ3) is 6.05. The number of benzene rings is 1. The quantitative estimate of drug-likeness (QED) is 0.291. The number of aliphatic hydroxyl groups is 1. The molecule has 37 heavy (non-hydrogen) atoms. The number of nitrogens with zero attached hydrogens (tertiary/aromatic N) is 5. The fraction of sp³-hybridized carbons (Fsp3) is 0.385. The number of aliphatic hydroxyl groups excluding tert-OH is 1. The van der Waals surface area contributed by atoms with Crippen LogP contribution in [0.4, 0.5) is 5.82 Å². The summed E-state index contributed by atoms with van der Waals surface area (Å²) in [5.41, 5.74) is 2.16. The normalized spacial score (nSPS) is 13.5. The summed E-state index contributed by atoms with van der Waals surface area (Å²) in [6.07, 6.45) is 7.48. The number of methoxy groups -OCH3 is 2. The number of nitrogens with one attached hydrogen (secondary N) is 1. The number of hydrogen-bond donors (Lipinski definition) is 3. The second-order valence-electron chi connectivity index (χ2n) is 8.38. The molecule has 0 spiro atoms. The summed E-state index contributed by atoms with van der Waals surface area (Å²) < 4.78 is 21.3. The number of ether oxygens (including phenoxy) is 3. The lowest BCUT2D eigenvalue weighted by atomic mass is 9.98. The van der Waals surface area contributed by atoms with Gasteiger partial charge < -0.3 is 24.0 Å². The molecule has 0 atom stereocenters. The summed E-state index contributed by atoms with van der Waals surface area (Å²) in [5, 5.41) is 8.91. The highest BCUT2D eigenvalue weighted by Gasteiger charge is 2.23. The van der Waals surface area contributed by atoms with Crippen LogP contribution in [0.15, 0.2) is 42.6 Å². The van der Waals surface area contributed by atoms with E-state index in [-0.39, 0.29) is 6.10 Å². The molecule has 1 aliphatic rings. The first-order valence-corrected chi connectivity index (χ1v) is 12.7. The van der Waals surface area contributed by atoms with Crippen LogP contribution in [0.5, 0.6) is 17.4 Å². The van der Waals surface area contributed by atoms with Crippen LogP contribution < -0.4 is 18.9 Å². The Morgan fingerprint density at radius 1 is 1.00 bits per heavy atom.